The quantitative estimate of drug-likeness (QED) is 0.827. The molecule has 1 rings (SSSR count). The number of hydrogen-bond donors (Lipinski definition) is 1. The maximum Gasteiger partial charge on any atom is 0.407 e. The first kappa shape index (κ1) is 19.3. The number of carbonyl (C=O) groups is 3. The van der Waals surface area contributed by atoms with Gasteiger partial charge >= 0.3 is 6.09 Å². The number of ether oxygens (including phenoxy) is 1. The molecule has 0 saturated carbocycles. The lowest BCUT2D eigenvalue weighted by Gasteiger charge is -2.35. The van der Waals surface area contributed by atoms with Crippen LogP contribution in [0, 0.1) is 0 Å². The minimum atomic E-state index is -0.546. The van der Waals surface area contributed by atoms with Crippen molar-refractivity contribution in [1.29, 1.82) is 0 Å². The zero-order valence-electron chi connectivity index (χ0n) is 14.7. The van der Waals surface area contributed by atoms with Gasteiger partial charge in [-0.15, -0.1) is 0 Å². The largest absolute Gasteiger partial charge is 0.444 e. The van der Waals surface area contributed by atoms with Gasteiger partial charge in [0, 0.05) is 45.6 Å². The van der Waals surface area contributed by atoms with Gasteiger partial charge < -0.3 is 19.9 Å². The average Bonchev–Trinajstić information content (AvgIpc) is 2.45. The number of amides is 3. The molecule has 7 heteroatoms. The lowest BCUT2D eigenvalue weighted by molar-refractivity contribution is -0.139. The highest BCUT2D eigenvalue weighted by Crippen LogP contribution is 2.08. The van der Waals surface area contributed by atoms with E-state index in [4.69, 9.17) is 4.74 Å². The second-order valence-corrected chi connectivity index (χ2v) is 6.69. The third kappa shape index (κ3) is 7.34. The molecule has 0 spiro atoms. The first-order chi connectivity index (χ1) is 10.7. The van der Waals surface area contributed by atoms with Crippen LogP contribution < -0.4 is 5.32 Å². The molecule has 0 aromatic rings. The van der Waals surface area contributed by atoms with Crippen LogP contribution >= 0.6 is 0 Å². The fourth-order valence-electron chi connectivity index (χ4n) is 2.32. The highest BCUT2D eigenvalue weighted by Gasteiger charge is 2.23. The lowest BCUT2D eigenvalue weighted by atomic mass is 10.2. The minimum absolute atomic E-state index is 0.0105. The van der Waals surface area contributed by atoms with Crippen molar-refractivity contribution in [2.45, 2.75) is 52.6 Å². The van der Waals surface area contributed by atoms with Crippen molar-refractivity contribution in [2.24, 2.45) is 0 Å². The van der Waals surface area contributed by atoms with E-state index in [0.29, 0.717) is 32.6 Å². The summed E-state index contributed by atoms with van der Waals surface area (Å²) >= 11 is 0. The summed E-state index contributed by atoms with van der Waals surface area (Å²) < 4.78 is 5.11. The van der Waals surface area contributed by atoms with Crippen molar-refractivity contribution < 1.29 is 19.1 Å². The Labute approximate surface area is 138 Å². The Kier molecular flexibility index (Phi) is 7.32. The first-order valence-corrected chi connectivity index (χ1v) is 8.25. The van der Waals surface area contributed by atoms with Gasteiger partial charge in [-0.3, -0.25) is 9.59 Å². The zero-order valence-corrected chi connectivity index (χ0v) is 14.7. The molecule has 1 fully saturated rings. The molecule has 1 N–H and O–H groups in total. The standard InChI is InChI=1S/C16H29N3O4/c1-5-6-13(20)18-9-11-19(12-10-18)14(21)7-8-17-15(22)23-16(2,3)4/h5-12H2,1-4H3,(H,17,22). The van der Waals surface area contributed by atoms with Crippen molar-refractivity contribution in [3.63, 3.8) is 0 Å². The van der Waals surface area contributed by atoms with Gasteiger partial charge in [0.1, 0.15) is 5.60 Å². The fourth-order valence-corrected chi connectivity index (χ4v) is 2.32. The van der Waals surface area contributed by atoms with Crippen LogP contribution in [0.4, 0.5) is 4.79 Å². The van der Waals surface area contributed by atoms with Crippen LogP contribution in [0.5, 0.6) is 0 Å². The molecule has 1 aliphatic rings. The molecule has 0 radical (unpaired) electrons. The monoisotopic (exact) mass is 327 g/mol. The summed E-state index contributed by atoms with van der Waals surface area (Å²) in [5.41, 5.74) is -0.546. The second-order valence-electron chi connectivity index (χ2n) is 6.69. The van der Waals surface area contributed by atoms with Gasteiger partial charge in [-0.05, 0) is 27.2 Å². The van der Waals surface area contributed by atoms with E-state index >= 15 is 0 Å². The van der Waals surface area contributed by atoms with Crippen LogP contribution in [0.25, 0.3) is 0 Å². The lowest BCUT2D eigenvalue weighted by Crippen LogP contribution is -2.51. The Morgan fingerprint density at radius 3 is 1.87 bits per heavy atom. The molecule has 1 saturated heterocycles. The summed E-state index contributed by atoms with van der Waals surface area (Å²) in [5, 5.41) is 2.58. The Balaban J connectivity index is 2.24. The Morgan fingerprint density at radius 2 is 1.43 bits per heavy atom. The van der Waals surface area contributed by atoms with E-state index in [1.807, 2.05) is 11.8 Å². The molecule has 23 heavy (non-hydrogen) atoms. The molecular weight excluding hydrogens is 298 g/mol. The third-order valence-corrected chi connectivity index (χ3v) is 3.46. The van der Waals surface area contributed by atoms with Crippen LogP contribution in [0.15, 0.2) is 0 Å². The topological polar surface area (TPSA) is 79.0 Å². The smallest absolute Gasteiger partial charge is 0.407 e. The van der Waals surface area contributed by atoms with Crippen molar-refractivity contribution in [1.82, 2.24) is 15.1 Å². The number of alkyl carbamates (subject to hydrolysis) is 1. The number of carbonyl (C=O) groups excluding carboxylic acids is 3. The van der Waals surface area contributed by atoms with E-state index in [-0.39, 0.29) is 24.8 Å². The summed E-state index contributed by atoms with van der Waals surface area (Å²) in [6, 6.07) is 0. The van der Waals surface area contributed by atoms with E-state index in [2.05, 4.69) is 5.32 Å². The molecule has 1 aliphatic heterocycles. The van der Waals surface area contributed by atoms with Gasteiger partial charge in [0.15, 0.2) is 0 Å². The highest BCUT2D eigenvalue weighted by atomic mass is 16.6. The minimum Gasteiger partial charge on any atom is -0.444 e. The van der Waals surface area contributed by atoms with Crippen molar-refractivity contribution in [2.75, 3.05) is 32.7 Å². The summed E-state index contributed by atoms with van der Waals surface area (Å²) in [6.07, 6.45) is 1.13. The Bertz CT molecular complexity index is 424. The van der Waals surface area contributed by atoms with E-state index in [0.717, 1.165) is 6.42 Å². The Hall–Kier alpha value is -1.79. The highest BCUT2D eigenvalue weighted by molar-refractivity contribution is 5.79. The van der Waals surface area contributed by atoms with Gasteiger partial charge in [0.2, 0.25) is 11.8 Å². The zero-order chi connectivity index (χ0) is 17.5. The molecule has 7 nitrogen and oxygen atoms in total. The molecule has 132 valence electrons. The fraction of sp³-hybridized carbons (Fsp3) is 0.812. The molecule has 0 aromatic carbocycles. The van der Waals surface area contributed by atoms with Gasteiger partial charge in [-0.1, -0.05) is 6.92 Å². The van der Waals surface area contributed by atoms with E-state index in [9.17, 15) is 14.4 Å². The van der Waals surface area contributed by atoms with Gasteiger partial charge in [0.05, 0.1) is 0 Å². The molecule has 1 heterocycles. The normalized spacial score (nSPS) is 15.3. The summed E-state index contributed by atoms with van der Waals surface area (Å²) in [4.78, 5) is 38.9. The van der Waals surface area contributed by atoms with E-state index < -0.39 is 11.7 Å². The van der Waals surface area contributed by atoms with Crippen molar-refractivity contribution >= 4 is 17.9 Å². The van der Waals surface area contributed by atoms with Crippen molar-refractivity contribution in [3.8, 4) is 0 Å². The Morgan fingerprint density at radius 1 is 0.957 bits per heavy atom. The molecule has 0 aromatic heterocycles. The maximum atomic E-state index is 12.1. The summed E-state index contributed by atoms with van der Waals surface area (Å²) in [5.74, 6) is 0.148. The van der Waals surface area contributed by atoms with E-state index in [1.54, 1.807) is 25.7 Å². The second kappa shape index (κ2) is 8.74. The maximum absolute atomic E-state index is 12.1. The molecule has 0 atom stereocenters. The van der Waals surface area contributed by atoms with Gasteiger partial charge in [-0.2, -0.15) is 0 Å². The van der Waals surface area contributed by atoms with Crippen LogP contribution in [0.3, 0.4) is 0 Å². The SMILES string of the molecule is CCCC(=O)N1CCN(C(=O)CCNC(=O)OC(C)(C)C)CC1. The predicted octanol–water partition coefficient (Wildman–Crippen LogP) is 1.37. The molecular formula is C16H29N3O4. The van der Waals surface area contributed by atoms with Gasteiger partial charge in [-0.25, -0.2) is 4.79 Å². The first-order valence-electron chi connectivity index (χ1n) is 8.25. The molecule has 0 aliphatic carbocycles. The van der Waals surface area contributed by atoms with E-state index in [1.165, 1.54) is 0 Å². The number of piperazine rings is 1. The summed E-state index contributed by atoms with van der Waals surface area (Å²) in [7, 11) is 0. The number of nitrogens with zero attached hydrogens (tertiary/aromatic N) is 2. The molecule has 0 unspecified atom stereocenters. The predicted molar refractivity (Wildman–Crippen MR) is 86.9 cm³/mol. The van der Waals surface area contributed by atoms with Crippen molar-refractivity contribution in [3.05, 3.63) is 0 Å². The van der Waals surface area contributed by atoms with Crippen LogP contribution in [-0.4, -0.2) is 66.0 Å². The number of rotatable bonds is 5. The molecule has 3 amide bonds. The summed E-state index contributed by atoms with van der Waals surface area (Å²) in [6.45, 7) is 9.89. The van der Waals surface area contributed by atoms with Crippen LogP contribution in [-0.2, 0) is 14.3 Å². The van der Waals surface area contributed by atoms with Gasteiger partial charge in [0.25, 0.3) is 0 Å². The average molecular weight is 327 g/mol. The molecule has 0 bridgehead atoms. The number of nitrogens with one attached hydrogen (secondary N) is 1. The number of hydrogen-bond acceptors (Lipinski definition) is 4. The van der Waals surface area contributed by atoms with Crippen LogP contribution in [0.1, 0.15) is 47.0 Å². The third-order valence-electron chi connectivity index (χ3n) is 3.46. The van der Waals surface area contributed by atoms with Crippen LogP contribution in [0.2, 0.25) is 0 Å².